The Labute approximate surface area is 85.7 Å². The van der Waals surface area contributed by atoms with Gasteiger partial charge in [-0.05, 0) is 36.0 Å². The maximum atomic E-state index is 11.0. The predicted octanol–water partition coefficient (Wildman–Crippen LogP) is 2.92. The summed E-state index contributed by atoms with van der Waals surface area (Å²) < 4.78 is 0. The van der Waals surface area contributed by atoms with Crippen LogP contribution < -0.4 is 0 Å². The summed E-state index contributed by atoms with van der Waals surface area (Å²) >= 11 is 0. The topological polar surface area (TPSA) is 37.3 Å². The quantitative estimate of drug-likeness (QED) is 0.700. The molecule has 14 heavy (non-hydrogen) atoms. The zero-order valence-electron chi connectivity index (χ0n) is 9.34. The molecular weight excluding hydrogens is 176 g/mol. The van der Waals surface area contributed by atoms with Crippen LogP contribution in [0, 0.1) is 22.7 Å². The van der Waals surface area contributed by atoms with Gasteiger partial charge in [-0.15, -0.1) is 0 Å². The first-order valence-corrected chi connectivity index (χ1v) is 5.64. The van der Waals surface area contributed by atoms with E-state index in [1.165, 1.54) is 6.42 Å². The largest absolute Gasteiger partial charge is 0.481 e. The van der Waals surface area contributed by atoms with Gasteiger partial charge in [0.1, 0.15) is 0 Å². The fourth-order valence-electron chi connectivity index (χ4n) is 3.73. The van der Waals surface area contributed by atoms with Gasteiger partial charge in [-0.2, -0.15) is 0 Å². The van der Waals surface area contributed by atoms with Crippen LogP contribution in [0.3, 0.4) is 0 Å². The number of carboxylic acid groups (broad SMARTS) is 1. The van der Waals surface area contributed by atoms with Crippen LogP contribution in [0.5, 0.6) is 0 Å². The average Bonchev–Trinajstić information content (AvgIpc) is 2.52. The standard InChI is InChI=1S/C12H20O2/c1-8-11(2,3)12(8)6-4-5-9(7-12)10(13)14/h8-9H,4-7H2,1-3H3,(H,13,14). The van der Waals surface area contributed by atoms with E-state index in [1.807, 2.05) is 0 Å². The van der Waals surface area contributed by atoms with E-state index < -0.39 is 5.97 Å². The molecule has 2 saturated carbocycles. The van der Waals surface area contributed by atoms with Crippen LogP contribution in [-0.2, 0) is 4.79 Å². The van der Waals surface area contributed by atoms with Gasteiger partial charge >= 0.3 is 5.97 Å². The van der Waals surface area contributed by atoms with Crippen LogP contribution in [0.25, 0.3) is 0 Å². The van der Waals surface area contributed by atoms with Crippen molar-refractivity contribution in [1.82, 2.24) is 0 Å². The van der Waals surface area contributed by atoms with E-state index >= 15 is 0 Å². The van der Waals surface area contributed by atoms with Crippen LogP contribution in [0.1, 0.15) is 46.5 Å². The summed E-state index contributed by atoms with van der Waals surface area (Å²) in [5.41, 5.74) is 0.732. The summed E-state index contributed by atoms with van der Waals surface area (Å²) in [5, 5.41) is 9.05. The van der Waals surface area contributed by atoms with E-state index in [0.29, 0.717) is 16.7 Å². The van der Waals surface area contributed by atoms with Crippen LogP contribution in [0.15, 0.2) is 0 Å². The highest BCUT2D eigenvalue weighted by Crippen LogP contribution is 2.74. The SMILES string of the molecule is CC1C(C)(C)C12CCCC(C(=O)O)C2. The van der Waals surface area contributed by atoms with Crippen molar-refractivity contribution < 1.29 is 9.90 Å². The van der Waals surface area contributed by atoms with Gasteiger partial charge in [0.05, 0.1) is 5.92 Å². The number of carbonyl (C=O) groups is 1. The lowest BCUT2D eigenvalue weighted by Crippen LogP contribution is -2.26. The van der Waals surface area contributed by atoms with Crippen LogP contribution in [0.4, 0.5) is 0 Å². The van der Waals surface area contributed by atoms with Crippen molar-refractivity contribution in [3.05, 3.63) is 0 Å². The van der Waals surface area contributed by atoms with Gasteiger partial charge in [-0.3, -0.25) is 4.79 Å². The van der Waals surface area contributed by atoms with E-state index in [-0.39, 0.29) is 5.92 Å². The van der Waals surface area contributed by atoms with Gasteiger partial charge in [0.2, 0.25) is 0 Å². The highest BCUT2D eigenvalue weighted by Gasteiger charge is 2.68. The molecule has 3 atom stereocenters. The molecule has 0 amide bonds. The van der Waals surface area contributed by atoms with Crippen molar-refractivity contribution in [3.8, 4) is 0 Å². The molecule has 1 N–H and O–H groups in total. The summed E-state index contributed by atoms with van der Waals surface area (Å²) in [4.78, 5) is 11.0. The third-order valence-corrected chi connectivity index (χ3v) is 5.25. The van der Waals surface area contributed by atoms with E-state index in [4.69, 9.17) is 5.11 Å². The second kappa shape index (κ2) is 2.74. The van der Waals surface area contributed by atoms with Gasteiger partial charge in [0.15, 0.2) is 0 Å². The van der Waals surface area contributed by atoms with E-state index in [9.17, 15) is 4.79 Å². The molecule has 80 valence electrons. The monoisotopic (exact) mass is 196 g/mol. The van der Waals surface area contributed by atoms with E-state index in [1.54, 1.807) is 0 Å². The molecule has 2 nitrogen and oxygen atoms in total. The molecule has 0 radical (unpaired) electrons. The fourth-order valence-corrected chi connectivity index (χ4v) is 3.73. The Balaban J connectivity index is 2.13. The smallest absolute Gasteiger partial charge is 0.306 e. The lowest BCUT2D eigenvalue weighted by atomic mass is 9.75. The van der Waals surface area contributed by atoms with Gasteiger partial charge in [0.25, 0.3) is 0 Å². The van der Waals surface area contributed by atoms with Crippen molar-refractivity contribution in [2.24, 2.45) is 22.7 Å². The molecule has 1 spiro atoms. The van der Waals surface area contributed by atoms with Gasteiger partial charge in [-0.25, -0.2) is 0 Å². The first-order chi connectivity index (χ1) is 6.42. The number of carboxylic acids is 1. The molecule has 0 aromatic carbocycles. The maximum Gasteiger partial charge on any atom is 0.306 e. The first kappa shape index (κ1) is 10.0. The van der Waals surface area contributed by atoms with Gasteiger partial charge in [0, 0.05) is 0 Å². The lowest BCUT2D eigenvalue weighted by Gasteiger charge is -2.29. The average molecular weight is 196 g/mol. The first-order valence-electron chi connectivity index (χ1n) is 5.64. The van der Waals surface area contributed by atoms with E-state index in [0.717, 1.165) is 19.3 Å². The molecule has 2 rings (SSSR count). The van der Waals surface area contributed by atoms with Crippen LogP contribution in [-0.4, -0.2) is 11.1 Å². The molecule has 2 fully saturated rings. The Hall–Kier alpha value is -0.530. The molecule has 0 aliphatic heterocycles. The van der Waals surface area contributed by atoms with Crippen molar-refractivity contribution in [1.29, 1.82) is 0 Å². The maximum absolute atomic E-state index is 11.0. The number of hydrogen-bond donors (Lipinski definition) is 1. The molecule has 3 unspecified atom stereocenters. The summed E-state index contributed by atoms with van der Waals surface area (Å²) in [6, 6.07) is 0. The Morgan fingerprint density at radius 3 is 2.43 bits per heavy atom. The molecule has 2 aliphatic carbocycles. The highest BCUT2D eigenvalue weighted by molar-refractivity contribution is 5.70. The second-order valence-electron chi connectivity index (χ2n) is 5.73. The van der Waals surface area contributed by atoms with Crippen molar-refractivity contribution in [2.75, 3.05) is 0 Å². The Kier molecular flexibility index (Phi) is 1.96. The zero-order chi connectivity index (χ0) is 10.6. The van der Waals surface area contributed by atoms with Crippen molar-refractivity contribution in [3.63, 3.8) is 0 Å². The Morgan fingerprint density at radius 1 is 1.43 bits per heavy atom. The van der Waals surface area contributed by atoms with Crippen LogP contribution >= 0.6 is 0 Å². The molecule has 2 aliphatic rings. The third kappa shape index (κ3) is 1.06. The Bertz CT molecular complexity index is 269. The van der Waals surface area contributed by atoms with Crippen LogP contribution in [0.2, 0.25) is 0 Å². The molecule has 2 heteroatoms. The normalized spacial score (nSPS) is 45.1. The Morgan fingerprint density at radius 2 is 2.00 bits per heavy atom. The minimum Gasteiger partial charge on any atom is -0.481 e. The van der Waals surface area contributed by atoms with Gasteiger partial charge in [-0.1, -0.05) is 27.2 Å². The van der Waals surface area contributed by atoms with Crippen molar-refractivity contribution in [2.45, 2.75) is 46.5 Å². The summed E-state index contributed by atoms with van der Waals surface area (Å²) in [7, 11) is 0. The molecule has 0 aromatic rings. The second-order valence-corrected chi connectivity index (χ2v) is 5.73. The molecule has 0 bridgehead atoms. The zero-order valence-corrected chi connectivity index (χ0v) is 9.34. The third-order valence-electron chi connectivity index (χ3n) is 5.25. The number of aliphatic carboxylic acids is 1. The van der Waals surface area contributed by atoms with E-state index in [2.05, 4.69) is 20.8 Å². The molecule has 0 heterocycles. The minimum absolute atomic E-state index is 0.0759. The summed E-state index contributed by atoms with van der Waals surface area (Å²) in [5.74, 6) is 0.0455. The number of hydrogen-bond acceptors (Lipinski definition) is 1. The van der Waals surface area contributed by atoms with Gasteiger partial charge < -0.3 is 5.11 Å². The minimum atomic E-state index is -0.584. The van der Waals surface area contributed by atoms with Crippen molar-refractivity contribution >= 4 is 5.97 Å². The highest BCUT2D eigenvalue weighted by atomic mass is 16.4. The fraction of sp³-hybridized carbons (Fsp3) is 0.917. The molecule has 0 aromatic heterocycles. The number of rotatable bonds is 1. The summed E-state index contributed by atoms with van der Waals surface area (Å²) in [6.45, 7) is 6.87. The predicted molar refractivity (Wildman–Crippen MR) is 55.0 cm³/mol. The summed E-state index contributed by atoms with van der Waals surface area (Å²) in [6.07, 6.45) is 4.14. The molecular formula is C12H20O2. The molecule has 0 saturated heterocycles. The lowest BCUT2D eigenvalue weighted by molar-refractivity contribution is -0.143.